The van der Waals surface area contributed by atoms with Crippen molar-refractivity contribution in [1.29, 1.82) is 0 Å². The van der Waals surface area contributed by atoms with E-state index in [1.54, 1.807) is 15.8 Å². The lowest BCUT2D eigenvalue weighted by molar-refractivity contribution is 0.111. The van der Waals surface area contributed by atoms with Crippen molar-refractivity contribution in [3.63, 3.8) is 0 Å². The van der Waals surface area contributed by atoms with Gasteiger partial charge in [0.25, 0.3) is 0 Å². The van der Waals surface area contributed by atoms with Crippen LogP contribution in [-0.4, -0.2) is 69.3 Å². The average Bonchev–Trinajstić information content (AvgIpc) is 3.61. The third kappa shape index (κ3) is 9.18. The second kappa shape index (κ2) is 17.4. The van der Waals surface area contributed by atoms with Gasteiger partial charge in [0.15, 0.2) is 6.29 Å². The fraction of sp³-hybridized carbons (Fsp3) is 0.500. The van der Waals surface area contributed by atoms with E-state index in [2.05, 4.69) is 20.4 Å². The van der Waals surface area contributed by atoms with Crippen LogP contribution in [0.15, 0.2) is 30.5 Å². The summed E-state index contributed by atoms with van der Waals surface area (Å²) in [4.78, 5) is 28.5. The predicted molar refractivity (Wildman–Crippen MR) is 156 cm³/mol. The number of anilines is 1. The van der Waals surface area contributed by atoms with Gasteiger partial charge >= 0.3 is 6.03 Å². The number of fused-ring (bicyclic) bond motifs is 1. The SMILES string of the molecule is CC.CC.CC.CN(C)CC(Cn1nc2c(c1C=O)CN(C(=O)Nc1ccc(F)c(Cl)c1)CC2)c1ccn[nH]1. The maximum atomic E-state index is 13.4. The van der Waals surface area contributed by atoms with E-state index in [0.717, 1.165) is 29.8 Å². The Kier molecular flexibility index (Phi) is 15.0. The number of carbonyl (C=O) groups excluding carboxylic acids is 2. The van der Waals surface area contributed by atoms with Crippen molar-refractivity contribution < 1.29 is 14.0 Å². The number of rotatable bonds is 7. The van der Waals surface area contributed by atoms with Crippen LogP contribution in [0.4, 0.5) is 14.9 Å². The van der Waals surface area contributed by atoms with Crippen LogP contribution in [0, 0.1) is 5.82 Å². The van der Waals surface area contributed by atoms with Crippen molar-refractivity contribution in [2.45, 2.75) is 67.0 Å². The summed E-state index contributed by atoms with van der Waals surface area (Å²) in [5, 5.41) is 14.4. The number of likely N-dealkylation sites (N-methyl/N-ethyl adjacent to an activating group) is 1. The second-order valence-corrected chi connectivity index (χ2v) is 8.72. The molecule has 0 aliphatic carbocycles. The molecule has 2 amide bonds. The van der Waals surface area contributed by atoms with E-state index in [1.165, 1.54) is 18.2 Å². The third-order valence-corrected chi connectivity index (χ3v) is 5.94. The summed E-state index contributed by atoms with van der Waals surface area (Å²) in [6.07, 6.45) is 3.04. The van der Waals surface area contributed by atoms with E-state index >= 15 is 0 Å². The van der Waals surface area contributed by atoms with Crippen LogP contribution in [0.2, 0.25) is 5.02 Å². The molecule has 39 heavy (non-hydrogen) atoms. The van der Waals surface area contributed by atoms with E-state index in [4.69, 9.17) is 16.7 Å². The summed E-state index contributed by atoms with van der Waals surface area (Å²) in [7, 11) is 3.98. The first-order chi connectivity index (χ1) is 18.9. The first kappa shape index (κ1) is 33.8. The highest BCUT2D eigenvalue weighted by atomic mass is 35.5. The fourth-order valence-corrected chi connectivity index (χ4v) is 4.25. The molecule has 1 unspecified atom stereocenters. The fourth-order valence-electron chi connectivity index (χ4n) is 4.07. The zero-order valence-electron chi connectivity index (χ0n) is 24.4. The Balaban J connectivity index is 0.00000119. The standard InChI is InChI=1S/C22H25ClFN7O2.3C2H6/c1-29(2)10-14(19-5-7-25-27-19)11-31-21(13-32)16-12-30(8-6-20(16)28-31)22(33)26-15-3-4-18(24)17(23)9-15;3*1-2/h3-5,7,9,13-14H,6,8,10-12H2,1-2H3,(H,25,27)(H,26,33);3*1-2H3. The van der Waals surface area contributed by atoms with Gasteiger partial charge in [0.1, 0.15) is 11.5 Å². The lowest BCUT2D eigenvalue weighted by Gasteiger charge is -2.26. The molecular weight excluding hydrogens is 521 g/mol. The molecule has 2 N–H and O–H groups in total. The number of hydrogen-bond acceptors (Lipinski definition) is 5. The molecule has 0 radical (unpaired) electrons. The summed E-state index contributed by atoms with van der Waals surface area (Å²) in [6, 6.07) is 5.58. The van der Waals surface area contributed by atoms with E-state index in [1.807, 2.05) is 61.7 Å². The molecule has 0 bridgehead atoms. The molecule has 0 fully saturated rings. The quantitative estimate of drug-likeness (QED) is 0.332. The molecule has 11 heteroatoms. The number of aromatic nitrogens is 4. The molecule has 0 saturated heterocycles. The Labute approximate surface area is 236 Å². The molecule has 1 atom stereocenters. The van der Waals surface area contributed by atoms with Crippen LogP contribution in [-0.2, 0) is 19.5 Å². The third-order valence-electron chi connectivity index (χ3n) is 5.66. The van der Waals surface area contributed by atoms with Crippen LogP contribution in [0.1, 0.15) is 74.9 Å². The number of hydrogen-bond donors (Lipinski definition) is 2. The highest BCUT2D eigenvalue weighted by molar-refractivity contribution is 6.31. The maximum Gasteiger partial charge on any atom is 0.322 e. The van der Waals surface area contributed by atoms with Gasteiger partial charge < -0.3 is 15.1 Å². The zero-order chi connectivity index (χ0) is 29.5. The molecule has 1 aromatic carbocycles. The summed E-state index contributed by atoms with van der Waals surface area (Å²) in [5.74, 6) is -0.492. The largest absolute Gasteiger partial charge is 0.322 e. The monoisotopic (exact) mass is 563 g/mol. The number of aromatic amines is 1. The Morgan fingerprint density at radius 1 is 1.21 bits per heavy atom. The van der Waals surface area contributed by atoms with Gasteiger partial charge in [-0.3, -0.25) is 14.6 Å². The summed E-state index contributed by atoms with van der Waals surface area (Å²) < 4.78 is 15.1. The van der Waals surface area contributed by atoms with Gasteiger partial charge in [-0.15, -0.1) is 0 Å². The van der Waals surface area contributed by atoms with Crippen LogP contribution >= 0.6 is 11.6 Å². The van der Waals surface area contributed by atoms with Crippen molar-refractivity contribution in [1.82, 2.24) is 29.8 Å². The molecule has 0 spiro atoms. The number of urea groups is 1. The number of H-pyrrole nitrogens is 1. The predicted octanol–water partition coefficient (Wildman–Crippen LogP) is 6.23. The molecule has 3 aromatic rings. The van der Waals surface area contributed by atoms with Gasteiger partial charge in [0.2, 0.25) is 0 Å². The lowest BCUT2D eigenvalue weighted by atomic mass is 10.0. The Hall–Kier alpha value is -3.24. The number of halogens is 2. The van der Waals surface area contributed by atoms with E-state index in [9.17, 15) is 14.0 Å². The normalized spacial score (nSPS) is 12.5. The first-order valence-corrected chi connectivity index (χ1v) is 13.9. The zero-order valence-corrected chi connectivity index (χ0v) is 25.1. The summed E-state index contributed by atoms with van der Waals surface area (Å²) >= 11 is 5.80. The van der Waals surface area contributed by atoms with Crippen LogP contribution in [0.25, 0.3) is 0 Å². The highest BCUT2D eigenvalue weighted by Gasteiger charge is 2.28. The lowest BCUT2D eigenvalue weighted by Crippen LogP contribution is -2.39. The molecule has 1 aliphatic rings. The topological polar surface area (TPSA) is 99.2 Å². The van der Waals surface area contributed by atoms with Gasteiger partial charge in [0.05, 0.1) is 23.8 Å². The minimum Gasteiger partial charge on any atom is -0.320 e. The highest BCUT2D eigenvalue weighted by Crippen LogP contribution is 2.25. The molecule has 1 aliphatic heterocycles. The maximum absolute atomic E-state index is 13.4. The molecule has 4 rings (SSSR count). The molecule has 3 heterocycles. The van der Waals surface area contributed by atoms with Gasteiger partial charge in [-0.2, -0.15) is 10.2 Å². The number of benzene rings is 1. The number of amides is 2. The van der Waals surface area contributed by atoms with E-state index in [0.29, 0.717) is 30.9 Å². The Morgan fingerprint density at radius 3 is 2.46 bits per heavy atom. The number of carbonyl (C=O) groups is 2. The van der Waals surface area contributed by atoms with Crippen molar-refractivity contribution >= 4 is 29.6 Å². The second-order valence-electron chi connectivity index (χ2n) is 8.31. The van der Waals surface area contributed by atoms with E-state index < -0.39 is 5.82 Å². The molecule has 9 nitrogen and oxygen atoms in total. The van der Waals surface area contributed by atoms with Crippen molar-refractivity contribution in [2.24, 2.45) is 0 Å². The summed E-state index contributed by atoms with van der Waals surface area (Å²) in [5.41, 5.74) is 3.40. The van der Waals surface area contributed by atoms with Gasteiger partial charge in [0, 0.05) is 48.6 Å². The average molecular weight is 564 g/mol. The number of nitrogens with one attached hydrogen (secondary N) is 2. The van der Waals surface area contributed by atoms with Crippen LogP contribution < -0.4 is 5.32 Å². The smallest absolute Gasteiger partial charge is 0.320 e. The van der Waals surface area contributed by atoms with E-state index in [-0.39, 0.29) is 23.5 Å². The minimum absolute atomic E-state index is 0.0604. The van der Waals surface area contributed by atoms with Crippen molar-refractivity contribution in [3.05, 3.63) is 63.9 Å². The minimum atomic E-state index is -0.553. The number of nitrogens with zero attached hydrogens (tertiary/aromatic N) is 5. The Morgan fingerprint density at radius 2 is 1.90 bits per heavy atom. The van der Waals surface area contributed by atoms with Gasteiger partial charge in [-0.05, 0) is 38.4 Å². The van der Waals surface area contributed by atoms with Crippen molar-refractivity contribution in [2.75, 3.05) is 32.5 Å². The summed E-state index contributed by atoms with van der Waals surface area (Å²) in [6.45, 7) is 14.0. The molecular formula is C28H43ClFN7O2. The van der Waals surface area contributed by atoms with Gasteiger partial charge in [-0.1, -0.05) is 53.1 Å². The molecule has 0 saturated carbocycles. The van der Waals surface area contributed by atoms with Crippen LogP contribution in [0.5, 0.6) is 0 Å². The van der Waals surface area contributed by atoms with Crippen molar-refractivity contribution in [3.8, 4) is 0 Å². The first-order valence-electron chi connectivity index (χ1n) is 13.5. The van der Waals surface area contributed by atoms with Gasteiger partial charge in [-0.25, -0.2) is 9.18 Å². The molecule has 2 aromatic heterocycles. The Bertz CT molecular complexity index is 1150. The number of aldehydes is 1. The molecule has 216 valence electrons. The van der Waals surface area contributed by atoms with Crippen LogP contribution in [0.3, 0.4) is 0 Å².